The number of hydrogen-bond acceptors (Lipinski definition) is 4. The van der Waals surface area contributed by atoms with E-state index in [9.17, 15) is 14.4 Å². The summed E-state index contributed by atoms with van der Waals surface area (Å²) in [5.41, 5.74) is 5.56. The van der Waals surface area contributed by atoms with E-state index < -0.39 is 18.0 Å². The second-order valence-electron chi connectivity index (χ2n) is 5.83. The van der Waals surface area contributed by atoms with Crippen LogP contribution in [0.2, 0.25) is 0 Å². The van der Waals surface area contributed by atoms with Crippen LogP contribution in [0.3, 0.4) is 0 Å². The lowest BCUT2D eigenvalue weighted by Crippen LogP contribution is -2.45. The van der Waals surface area contributed by atoms with E-state index in [0.29, 0.717) is 6.54 Å². The van der Waals surface area contributed by atoms with Crippen molar-refractivity contribution >= 4 is 17.8 Å². The van der Waals surface area contributed by atoms with E-state index in [0.717, 1.165) is 32.1 Å². The number of carboxylic acids is 2. The van der Waals surface area contributed by atoms with Gasteiger partial charge in [-0.05, 0) is 31.2 Å². The maximum atomic E-state index is 12.1. The van der Waals surface area contributed by atoms with Crippen LogP contribution in [0.1, 0.15) is 51.4 Å². The van der Waals surface area contributed by atoms with Crippen LogP contribution in [-0.4, -0.2) is 40.6 Å². The molecule has 1 fully saturated rings. The fraction of sp³-hybridized carbons (Fsp3) is 0.786. The summed E-state index contributed by atoms with van der Waals surface area (Å²) in [6.07, 6.45) is 4.76. The SMILES string of the molecule is NCC1(CC(=O)NC(CCC(=O)O)C(=O)O)CCCCC1. The zero-order valence-electron chi connectivity index (χ0n) is 12.1. The summed E-state index contributed by atoms with van der Waals surface area (Å²) < 4.78 is 0. The molecule has 0 bridgehead atoms. The van der Waals surface area contributed by atoms with E-state index in [1.807, 2.05) is 0 Å². The van der Waals surface area contributed by atoms with Crippen molar-refractivity contribution < 1.29 is 24.6 Å². The largest absolute Gasteiger partial charge is 0.481 e. The quantitative estimate of drug-likeness (QED) is 0.522. The van der Waals surface area contributed by atoms with E-state index in [1.165, 1.54) is 0 Å². The van der Waals surface area contributed by atoms with Crippen molar-refractivity contribution in [3.05, 3.63) is 0 Å². The minimum atomic E-state index is -1.21. The van der Waals surface area contributed by atoms with Crippen LogP contribution < -0.4 is 11.1 Å². The fourth-order valence-electron chi connectivity index (χ4n) is 2.87. The maximum absolute atomic E-state index is 12.1. The van der Waals surface area contributed by atoms with Gasteiger partial charge in [0, 0.05) is 12.8 Å². The van der Waals surface area contributed by atoms with E-state index in [2.05, 4.69) is 5.32 Å². The molecule has 0 aromatic heterocycles. The van der Waals surface area contributed by atoms with E-state index in [-0.39, 0.29) is 30.6 Å². The van der Waals surface area contributed by atoms with Crippen LogP contribution in [0.5, 0.6) is 0 Å². The van der Waals surface area contributed by atoms with Gasteiger partial charge < -0.3 is 21.3 Å². The molecule has 1 aliphatic rings. The molecule has 0 saturated heterocycles. The molecule has 1 amide bonds. The van der Waals surface area contributed by atoms with Crippen molar-refractivity contribution in [2.75, 3.05) is 6.54 Å². The zero-order valence-corrected chi connectivity index (χ0v) is 12.1. The van der Waals surface area contributed by atoms with Crippen molar-refractivity contribution in [1.82, 2.24) is 5.32 Å². The molecular formula is C14H24N2O5. The number of carboxylic acid groups (broad SMARTS) is 2. The van der Waals surface area contributed by atoms with Crippen LogP contribution in [0.25, 0.3) is 0 Å². The number of carbonyl (C=O) groups excluding carboxylic acids is 1. The van der Waals surface area contributed by atoms with Crippen molar-refractivity contribution in [1.29, 1.82) is 0 Å². The second kappa shape index (κ2) is 7.97. The summed E-state index contributed by atoms with van der Waals surface area (Å²) in [7, 11) is 0. The lowest BCUT2D eigenvalue weighted by Gasteiger charge is -2.35. The third kappa shape index (κ3) is 5.71. The molecule has 0 heterocycles. The Bertz CT molecular complexity index is 391. The van der Waals surface area contributed by atoms with Gasteiger partial charge in [0.15, 0.2) is 0 Å². The van der Waals surface area contributed by atoms with Gasteiger partial charge in [-0.25, -0.2) is 4.79 Å². The molecule has 120 valence electrons. The normalized spacial score (nSPS) is 18.7. The van der Waals surface area contributed by atoms with Gasteiger partial charge >= 0.3 is 11.9 Å². The summed E-state index contributed by atoms with van der Waals surface area (Å²) in [6, 6.07) is -1.16. The molecule has 1 saturated carbocycles. The number of nitrogens with one attached hydrogen (secondary N) is 1. The maximum Gasteiger partial charge on any atom is 0.326 e. The number of aliphatic carboxylic acids is 2. The van der Waals surface area contributed by atoms with Gasteiger partial charge in [-0.2, -0.15) is 0 Å². The molecule has 5 N–H and O–H groups in total. The molecule has 0 spiro atoms. The Morgan fingerprint density at radius 2 is 1.76 bits per heavy atom. The van der Waals surface area contributed by atoms with Gasteiger partial charge in [-0.3, -0.25) is 9.59 Å². The smallest absolute Gasteiger partial charge is 0.326 e. The molecule has 1 unspecified atom stereocenters. The van der Waals surface area contributed by atoms with Gasteiger partial charge in [0.05, 0.1) is 0 Å². The molecule has 1 atom stereocenters. The summed E-state index contributed by atoms with van der Waals surface area (Å²) in [6.45, 7) is 0.410. The minimum Gasteiger partial charge on any atom is -0.481 e. The van der Waals surface area contributed by atoms with Crippen LogP contribution >= 0.6 is 0 Å². The third-order valence-corrected chi connectivity index (χ3v) is 4.16. The van der Waals surface area contributed by atoms with Gasteiger partial charge in [0.1, 0.15) is 6.04 Å². The first-order valence-electron chi connectivity index (χ1n) is 7.32. The van der Waals surface area contributed by atoms with E-state index in [1.54, 1.807) is 0 Å². The molecule has 0 aliphatic heterocycles. The van der Waals surface area contributed by atoms with Crippen LogP contribution in [0.4, 0.5) is 0 Å². The highest BCUT2D eigenvalue weighted by Gasteiger charge is 2.34. The summed E-state index contributed by atoms with van der Waals surface area (Å²) in [5, 5.41) is 20.0. The molecular weight excluding hydrogens is 276 g/mol. The van der Waals surface area contributed by atoms with Gasteiger partial charge in [-0.1, -0.05) is 19.3 Å². The molecule has 0 aromatic rings. The highest BCUT2D eigenvalue weighted by atomic mass is 16.4. The highest BCUT2D eigenvalue weighted by molar-refractivity contribution is 5.84. The van der Waals surface area contributed by atoms with Gasteiger partial charge in [0.25, 0.3) is 0 Å². The average molecular weight is 300 g/mol. The molecule has 7 heteroatoms. The third-order valence-electron chi connectivity index (χ3n) is 4.16. The topological polar surface area (TPSA) is 130 Å². The number of hydrogen-bond donors (Lipinski definition) is 4. The van der Waals surface area contributed by atoms with Crippen molar-refractivity contribution in [3.8, 4) is 0 Å². The molecule has 7 nitrogen and oxygen atoms in total. The zero-order chi connectivity index (χ0) is 15.9. The standard InChI is InChI=1S/C14H24N2O5/c15-9-14(6-2-1-3-7-14)8-11(17)16-10(13(20)21)4-5-12(18)19/h10H,1-9,15H2,(H,16,17)(H,18,19)(H,20,21). The first-order chi connectivity index (χ1) is 9.88. The van der Waals surface area contributed by atoms with E-state index >= 15 is 0 Å². The number of rotatable bonds is 8. The van der Waals surface area contributed by atoms with Crippen molar-refractivity contribution in [2.45, 2.75) is 57.4 Å². The monoisotopic (exact) mass is 300 g/mol. The number of nitrogens with two attached hydrogens (primary N) is 1. The van der Waals surface area contributed by atoms with E-state index in [4.69, 9.17) is 15.9 Å². The Morgan fingerprint density at radius 1 is 1.14 bits per heavy atom. The predicted molar refractivity (Wildman–Crippen MR) is 75.6 cm³/mol. The molecule has 0 aromatic carbocycles. The summed E-state index contributed by atoms with van der Waals surface area (Å²) in [5.74, 6) is -2.66. The van der Waals surface area contributed by atoms with Gasteiger partial charge in [0.2, 0.25) is 5.91 Å². The van der Waals surface area contributed by atoms with Crippen molar-refractivity contribution in [3.63, 3.8) is 0 Å². The molecule has 21 heavy (non-hydrogen) atoms. The number of carbonyl (C=O) groups is 3. The average Bonchev–Trinajstić information content (AvgIpc) is 2.43. The predicted octanol–water partition coefficient (Wildman–Crippen LogP) is 0.720. The Labute approximate surface area is 123 Å². The number of amides is 1. The minimum absolute atomic E-state index is 0.119. The molecule has 1 rings (SSSR count). The lowest BCUT2D eigenvalue weighted by molar-refractivity contribution is -0.143. The highest BCUT2D eigenvalue weighted by Crippen LogP contribution is 2.38. The van der Waals surface area contributed by atoms with Gasteiger partial charge in [-0.15, -0.1) is 0 Å². The first kappa shape index (κ1) is 17.4. The summed E-state index contributed by atoms with van der Waals surface area (Å²) in [4.78, 5) is 33.6. The Hall–Kier alpha value is -1.63. The fourth-order valence-corrected chi connectivity index (χ4v) is 2.87. The van der Waals surface area contributed by atoms with Crippen LogP contribution in [0.15, 0.2) is 0 Å². The first-order valence-corrected chi connectivity index (χ1v) is 7.32. The Morgan fingerprint density at radius 3 is 2.24 bits per heavy atom. The second-order valence-corrected chi connectivity index (χ2v) is 5.83. The van der Waals surface area contributed by atoms with Crippen molar-refractivity contribution in [2.24, 2.45) is 11.1 Å². The van der Waals surface area contributed by atoms with Crippen LogP contribution in [0, 0.1) is 5.41 Å². The van der Waals surface area contributed by atoms with Crippen LogP contribution in [-0.2, 0) is 14.4 Å². The summed E-state index contributed by atoms with van der Waals surface area (Å²) >= 11 is 0. The Balaban J connectivity index is 2.56. The lowest BCUT2D eigenvalue weighted by atomic mass is 9.71. The molecule has 0 radical (unpaired) electrons. The Kier molecular flexibility index (Phi) is 6.61. The molecule has 1 aliphatic carbocycles.